The van der Waals surface area contributed by atoms with Crippen LogP contribution in [0.5, 0.6) is 11.5 Å². The van der Waals surface area contributed by atoms with Crippen molar-refractivity contribution in [3.63, 3.8) is 0 Å². The number of hydrogen-bond acceptors (Lipinski definition) is 5. The minimum Gasteiger partial charge on any atom is -0.493 e. The van der Waals surface area contributed by atoms with Gasteiger partial charge >= 0.3 is 0 Å². The Morgan fingerprint density at radius 1 is 1.12 bits per heavy atom. The van der Waals surface area contributed by atoms with Crippen LogP contribution in [0.25, 0.3) is 0 Å². The van der Waals surface area contributed by atoms with Gasteiger partial charge in [0.1, 0.15) is 10.7 Å². The van der Waals surface area contributed by atoms with E-state index in [4.69, 9.17) is 9.47 Å². The van der Waals surface area contributed by atoms with Crippen molar-refractivity contribution in [3.8, 4) is 11.5 Å². The maximum absolute atomic E-state index is 12.8. The Hall–Kier alpha value is -2.17. The van der Waals surface area contributed by atoms with Crippen molar-refractivity contribution in [3.05, 3.63) is 46.7 Å². The minimum atomic E-state index is -4.00. The number of rotatable bonds is 7. The molecule has 26 heavy (non-hydrogen) atoms. The van der Waals surface area contributed by atoms with Gasteiger partial charge in [-0.25, -0.2) is 17.5 Å². The predicted molar refractivity (Wildman–Crippen MR) is 97.5 cm³/mol. The highest BCUT2D eigenvalue weighted by Crippen LogP contribution is 2.35. The molecule has 2 aromatic rings. The van der Waals surface area contributed by atoms with Crippen LogP contribution >= 0.6 is 15.9 Å². The standard InChI is InChI=1S/C16H16BrFN2O5S/c1-24-13-7-12(17)15(8-14(13)25-2)26(22,23)19-9-16(21)20-11-5-3-10(18)4-6-11/h3-8,19H,9H2,1-2H3,(H,20,21). The van der Waals surface area contributed by atoms with Gasteiger partial charge in [-0.05, 0) is 46.3 Å². The lowest BCUT2D eigenvalue weighted by Crippen LogP contribution is -2.33. The van der Waals surface area contributed by atoms with Crippen molar-refractivity contribution in [2.45, 2.75) is 4.90 Å². The lowest BCUT2D eigenvalue weighted by Gasteiger charge is -2.13. The highest BCUT2D eigenvalue weighted by Gasteiger charge is 2.22. The van der Waals surface area contributed by atoms with Crippen molar-refractivity contribution in [1.82, 2.24) is 4.72 Å². The first-order valence-electron chi connectivity index (χ1n) is 7.23. The molecule has 0 radical (unpaired) electrons. The van der Waals surface area contributed by atoms with Gasteiger partial charge in [-0.2, -0.15) is 0 Å². The summed E-state index contributed by atoms with van der Waals surface area (Å²) in [4.78, 5) is 11.8. The zero-order valence-electron chi connectivity index (χ0n) is 13.9. The number of sulfonamides is 1. The molecule has 0 fully saturated rings. The number of carbonyl (C=O) groups is 1. The molecule has 0 saturated heterocycles. The summed E-state index contributed by atoms with van der Waals surface area (Å²) in [6, 6.07) is 7.83. The monoisotopic (exact) mass is 446 g/mol. The van der Waals surface area contributed by atoms with Crippen LogP contribution in [-0.4, -0.2) is 35.1 Å². The average Bonchev–Trinajstić information content (AvgIpc) is 2.61. The fourth-order valence-corrected chi connectivity index (χ4v) is 4.03. The van der Waals surface area contributed by atoms with Gasteiger partial charge in [0, 0.05) is 16.2 Å². The first kappa shape index (κ1) is 20.1. The zero-order chi connectivity index (χ0) is 19.3. The third-order valence-corrected chi connectivity index (χ3v) is 5.64. The smallest absolute Gasteiger partial charge is 0.242 e. The van der Waals surface area contributed by atoms with Crippen molar-refractivity contribution >= 4 is 37.5 Å². The molecule has 0 aliphatic rings. The number of methoxy groups -OCH3 is 2. The molecule has 2 N–H and O–H groups in total. The van der Waals surface area contributed by atoms with Crippen molar-refractivity contribution < 1.29 is 27.1 Å². The fourth-order valence-electron chi connectivity index (χ4n) is 2.02. The average molecular weight is 447 g/mol. The van der Waals surface area contributed by atoms with Gasteiger partial charge < -0.3 is 14.8 Å². The second kappa shape index (κ2) is 8.47. The quantitative estimate of drug-likeness (QED) is 0.681. The number of halogens is 2. The van der Waals surface area contributed by atoms with Crippen LogP contribution in [0.2, 0.25) is 0 Å². The molecule has 1 amide bonds. The van der Waals surface area contributed by atoms with Crippen LogP contribution < -0.4 is 19.5 Å². The first-order valence-corrected chi connectivity index (χ1v) is 9.51. The SMILES string of the molecule is COc1cc(Br)c(S(=O)(=O)NCC(=O)Nc2ccc(F)cc2)cc1OC. The Bertz CT molecular complexity index is 904. The summed E-state index contributed by atoms with van der Waals surface area (Å²) in [5, 5.41) is 2.46. The largest absolute Gasteiger partial charge is 0.493 e. The van der Waals surface area contributed by atoms with Gasteiger partial charge in [0.2, 0.25) is 15.9 Å². The molecule has 7 nitrogen and oxygen atoms in total. The molecule has 0 unspecified atom stereocenters. The lowest BCUT2D eigenvalue weighted by molar-refractivity contribution is -0.115. The number of anilines is 1. The lowest BCUT2D eigenvalue weighted by atomic mass is 10.3. The summed E-state index contributed by atoms with van der Waals surface area (Å²) in [5.74, 6) is -0.460. The van der Waals surface area contributed by atoms with E-state index in [0.717, 1.165) is 0 Å². The van der Waals surface area contributed by atoms with E-state index in [1.54, 1.807) is 0 Å². The second-order valence-electron chi connectivity index (χ2n) is 5.02. The Morgan fingerprint density at radius 3 is 2.27 bits per heavy atom. The van der Waals surface area contributed by atoms with Gasteiger partial charge in [-0.1, -0.05) is 0 Å². The third-order valence-electron chi connectivity index (χ3n) is 3.28. The molecule has 0 atom stereocenters. The first-order chi connectivity index (χ1) is 12.3. The highest BCUT2D eigenvalue weighted by molar-refractivity contribution is 9.10. The molecule has 2 rings (SSSR count). The maximum Gasteiger partial charge on any atom is 0.242 e. The number of hydrogen-bond donors (Lipinski definition) is 2. The molecule has 0 bridgehead atoms. The van der Waals surface area contributed by atoms with Crippen LogP contribution in [0.15, 0.2) is 45.8 Å². The van der Waals surface area contributed by atoms with E-state index in [0.29, 0.717) is 11.4 Å². The summed E-state index contributed by atoms with van der Waals surface area (Å²) in [7, 11) is -1.19. The Morgan fingerprint density at radius 2 is 1.69 bits per heavy atom. The highest BCUT2D eigenvalue weighted by atomic mass is 79.9. The molecular formula is C16H16BrFN2O5S. The van der Waals surface area contributed by atoms with E-state index in [2.05, 4.69) is 26.0 Å². The molecule has 10 heteroatoms. The summed E-state index contributed by atoms with van der Waals surface area (Å²) in [5.41, 5.74) is 0.350. The molecule has 0 aromatic heterocycles. The van der Waals surface area contributed by atoms with Crippen LogP contribution in [0.4, 0.5) is 10.1 Å². The third kappa shape index (κ3) is 4.93. The fraction of sp³-hybridized carbons (Fsp3) is 0.188. The molecule has 0 heterocycles. The molecule has 0 aliphatic heterocycles. The molecular weight excluding hydrogens is 431 g/mol. The van der Waals surface area contributed by atoms with Gasteiger partial charge in [0.25, 0.3) is 0 Å². The summed E-state index contributed by atoms with van der Waals surface area (Å²) in [6.07, 6.45) is 0. The van der Waals surface area contributed by atoms with E-state index < -0.39 is 28.3 Å². The zero-order valence-corrected chi connectivity index (χ0v) is 16.3. The number of ether oxygens (including phenoxy) is 2. The van der Waals surface area contributed by atoms with Gasteiger partial charge in [0.05, 0.1) is 20.8 Å². The predicted octanol–water partition coefficient (Wildman–Crippen LogP) is 2.52. The van der Waals surface area contributed by atoms with Gasteiger partial charge in [-0.15, -0.1) is 0 Å². The topological polar surface area (TPSA) is 93.7 Å². The summed E-state index contributed by atoms with van der Waals surface area (Å²) in [6.45, 7) is -0.500. The summed E-state index contributed by atoms with van der Waals surface area (Å²) < 4.78 is 50.4. The van der Waals surface area contributed by atoms with Gasteiger partial charge in [-0.3, -0.25) is 4.79 Å². The number of carbonyl (C=O) groups excluding carboxylic acids is 1. The van der Waals surface area contributed by atoms with Crippen LogP contribution in [0, 0.1) is 5.82 Å². The van der Waals surface area contributed by atoms with Crippen LogP contribution in [0.3, 0.4) is 0 Å². The maximum atomic E-state index is 12.8. The second-order valence-corrected chi connectivity index (χ2v) is 7.61. The van der Waals surface area contributed by atoms with Crippen molar-refractivity contribution in [2.75, 3.05) is 26.1 Å². The summed E-state index contributed by atoms with van der Waals surface area (Å²) >= 11 is 3.16. The van der Waals surface area contributed by atoms with E-state index in [1.807, 2.05) is 0 Å². The van der Waals surface area contributed by atoms with Crippen molar-refractivity contribution in [1.29, 1.82) is 0 Å². The molecule has 140 valence electrons. The molecule has 0 saturated carbocycles. The van der Waals surface area contributed by atoms with Gasteiger partial charge in [0.15, 0.2) is 11.5 Å². The van der Waals surface area contributed by atoms with E-state index in [-0.39, 0.29) is 15.1 Å². The van der Waals surface area contributed by atoms with Crippen LogP contribution in [-0.2, 0) is 14.8 Å². The number of amides is 1. The number of nitrogens with one attached hydrogen (secondary N) is 2. The van der Waals surface area contributed by atoms with E-state index in [9.17, 15) is 17.6 Å². The van der Waals surface area contributed by atoms with Crippen LogP contribution in [0.1, 0.15) is 0 Å². The molecule has 0 aliphatic carbocycles. The van der Waals surface area contributed by atoms with E-state index in [1.165, 1.54) is 50.6 Å². The molecule has 0 spiro atoms. The Balaban J connectivity index is 2.11. The number of benzene rings is 2. The Labute approximate surface area is 158 Å². The molecule has 2 aromatic carbocycles. The van der Waals surface area contributed by atoms with Crippen molar-refractivity contribution in [2.24, 2.45) is 0 Å². The minimum absolute atomic E-state index is 0.107. The van der Waals surface area contributed by atoms with E-state index >= 15 is 0 Å². The Kier molecular flexibility index (Phi) is 6.57. The normalized spacial score (nSPS) is 11.1.